The summed E-state index contributed by atoms with van der Waals surface area (Å²) in [6.45, 7) is 1.76. The number of carbonyl (C=O) groups is 1. The summed E-state index contributed by atoms with van der Waals surface area (Å²) in [7, 11) is 0. The molecule has 0 heterocycles. The summed E-state index contributed by atoms with van der Waals surface area (Å²) in [6, 6.07) is 5.31. The molecule has 1 fully saturated rings. The summed E-state index contributed by atoms with van der Waals surface area (Å²) >= 11 is 3.60. The Morgan fingerprint density at radius 3 is 2.67 bits per heavy atom. The number of benzene rings is 1. The Bertz CT molecular complexity index is 439. The van der Waals surface area contributed by atoms with Gasteiger partial charge in [0.2, 0.25) is 0 Å². The summed E-state index contributed by atoms with van der Waals surface area (Å²) in [5, 5.41) is 12.7. The highest BCUT2D eigenvalue weighted by atomic mass is 79.9. The van der Waals surface area contributed by atoms with E-state index in [1.807, 2.05) is 0 Å². The van der Waals surface area contributed by atoms with Crippen LogP contribution in [0.3, 0.4) is 0 Å². The Hall–Kier alpha value is -1.03. The summed E-state index contributed by atoms with van der Waals surface area (Å²) in [6.07, 6.45) is 4.23. The van der Waals surface area contributed by atoms with Crippen molar-refractivity contribution in [3.8, 4) is 5.75 Å². The predicted octanol–water partition coefficient (Wildman–Crippen LogP) is 3.14. The van der Waals surface area contributed by atoms with Crippen molar-refractivity contribution in [3.05, 3.63) is 29.3 Å². The molecule has 0 spiro atoms. The van der Waals surface area contributed by atoms with Crippen LogP contribution in [0.25, 0.3) is 0 Å². The van der Waals surface area contributed by atoms with Gasteiger partial charge in [-0.15, -0.1) is 0 Å². The van der Waals surface area contributed by atoms with Crippen LogP contribution in [0.15, 0.2) is 18.2 Å². The number of hydrogen-bond donors (Lipinski definition) is 2. The maximum Gasteiger partial charge on any atom is 0.251 e. The highest BCUT2D eigenvalue weighted by Gasteiger charge is 2.21. The van der Waals surface area contributed by atoms with Gasteiger partial charge in [0.15, 0.2) is 0 Å². The van der Waals surface area contributed by atoms with Crippen LogP contribution in [0.4, 0.5) is 0 Å². The molecule has 98 valence electrons. The molecular formula is C14H18BrNO2. The molecule has 0 aromatic heterocycles. The zero-order chi connectivity index (χ0) is 13.1. The maximum atomic E-state index is 12.1. The van der Waals surface area contributed by atoms with Gasteiger partial charge in [0.1, 0.15) is 5.75 Å². The smallest absolute Gasteiger partial charge is 0.251 e. The van der Waals surface area contributed by atoms with Gasteiger partial charge in [-0.25, -0.2) is 0 Å². The molecule has 0 unspecified atom stereocenters. The van der Waals surface area contributed by atoms with Gasteiger partial charge in [-0.2, -0.15) is 0 Å². The lowest BCUT2D eigenvalue weighted by Gasteiger charge is -2.26. The van der Waals surface area contributed by atoms with Crippen molar-refractivity contribution in [2.24, 2.45) is 0 Å². The zero-order valence-corrected chi connectivity index (χ0v) is 12.0. The van der Waals surface area contributed by atoms with Crippen molar-refractivity contribution < 1.29 is 9.90 Å². The molecule has 3 nitrogen and oxygen atoms in total. The molecular weight excluding hydrogens is 294 g/mol. The maximum absolute atomic E-state index is 12.1. The number of nitrogens with one attached hydrogen (secondary N) is 1. The Kier molecular flexibility index (Phi) is 4.27. The first-order valence-corrected chi connectivity index (χ1v) is 7.23. The van der Waals surface area contributed by atoms with Crippen LogP contribution in [0.2, 0.25) is 0 Å². The number of alkyl halides is 1. The third-order valence-corrected chi connectivity index (χ3v) is 4.46. The molecule has 1 aromatic carbocycles. The molecule has 0 aliphatic heterocycles. The van der Waals surface area contributed by atoms with Crippen molar-refractivity contribution in [2.75, 3.05) is 0 Å². The monoisotopic (exact) mass is 311 g/mol. The van der Waals surface area contributed by atoms with Crippen LogP contribution >= 0.6 is 15.9 Å². The molecule has 2 N–H and O–H groups in total. The molecule has 1 aliphatic rings. The van der Waals surface area contributed by atoms with Gasteiger partial charge >= 0.3 is 0 Å². The lowest BCUT2D eigenvalue weighted by atomic mass is 9.95. The minimum Gasteiger partial charge on any atom is -0.508 e. The average Bonchev–Trinajstić information content (AvgIpc) is 2.35. The number of halogens is 1. The second-order valence-electron chi connectivity index (χ2n) is 4.87. The van der Waals surface area contributed by atoms with Crippen LogP contribution in [-0.4, -0.2) is 21.9 Å². The lowest BCUT2D eigenvalue weighted by molar-refractivity contribution is 0.0927. The second-order valence-corrected chi connectivity index (χ2v) is 6.17. The van der Waals surface area contributed by atoms with Crippen molar-refractivity contribution in [1.82, 2.24) is 5.32 Å². The molecule has 1 saturated carbocycles. The van der Waals surface area contributed by atoms with Crippen LogP contribution in [0.1, 0.15) is 41.6 Å². The fraction of sp³-hybridized carbons (Fsp3) is 0.500. The van der Waals surface area contributed by atoms with Gasteiger partial charge in [0.25, 0.3) is 5.91 Å². The van der Waals surface area contributed by atoms with E-state index in [1.54, 1.807) is 25.1 Å². The van der Waals surface area contributed by atoms with Crippen LogP contribution in [0, 0.1) is 6.92 Å². The first-order chi connectivity index (χ1) is 8.58. The summed E-state index contributed by atoms with van der Waals surface area (Å²) in [5.41, 5.74) is 1.21. The molecule has 1 aliphatic carbocycles. The summed E-state index contributed by atoms with van der Waals surface area (Å²) in [5.74, 6) is 0.0910. The highest BCUT2D eigenvalue weighted by Crippen LogP contribution is 2.25. The van der Waals surface area contributed by atoms with Gasteiger partial charge in [-0.3, -0.25) is 4.79 Å². The molecule has 0 bridgehead atoms. The Morgan fingerprint density at radius 1 is 1.33 bits per heavy atom. The third-order valence-electron chi connectivity index (χ3n) is 3.54. The van der Waals surface area contributed by atoms with Crippen molar-refractivity contribution >= 4 is 21.8 Å². The number of phenols is 1. The molecule has 4 heteroatoms. The number of carbonyl (C=O) groups excluding carboxylic acids is 1. The second kappa shape index (κ2) is 5.74. The number of phenolic OH excluding ortho intramolecular Hbond substituents is 1. The molecule has 1 amide bonds. The SMILES string of the molecule is Cc1c(O)cccc1C(=O)NC1CCC(Br)CC1. The van der Waals surface area contributed by atoms with E-state index in [1.165, 1.54) is 0 Å². The normalized spacial score (nSPS) is 23.7. The largest absolute Gasteiger partial charge is 0.508 e. The summed E-state index contributed by atoms with van der Waals surface area (Å²) in [4.78, 5) is 12.7. The van der Waals surface area contributed by atoms with Crippen LogP contribution < -0.4 is 5.32 Å². The highest BCUT2D eigenvalue weighted by molar-refractivity contribution is 9.09. The van der Waals surface area contributed by atoms with Gasteiger partial charge in [0.05, 0.1) is 0 Å². The van der Waals surface area contributed by atoms with Crippen molar-refractivity contribution in [3.63, 3.8) is 0 Å². The van der Waals surface area contributed by atoms with E-state index in [2.05, 4.69) is 21.2 Å². The van der Waals surface area contributed by atoms with Crippen molar-refractivity contribution in [1.29, 1.82) is 0 Å². The van der Waals surface area contributed by atoms with Gasteiger partial charge in [-0.1, -0.05) is 22.0 Å². The topological polar surface area (TPSA) is 49.3 Å². The van der Waals surface area contributed by atoms with Gasteiger partial charge < -0.3 is 10.4 Å². The quantitative estimate of drug-likeness (QED) is 0.824. The van der Waals surface area contributed by atoms with E-state index in [0.29, 0.717) is 16.0 Å². The van der Waals surface area contributed by atoms with Crippen LogP contribution in [-0.2, 0) is 0 Å². The summed E-state index contributed by atoms with van der Waals surface area (Å²) < 4.78 is 0. The van der Waals surface area contributed by atoms with Crippen LogP contribution in [0.5, 0.6) is 5.75 Å². The lowest BCUT2D eigenvalue weighted by Crippen LogP contribution is -2.38. The minimum absolute atomic E-state index is 0.0820. The first kappa shape index (κ1) is 13.4. The molecule has 0 saturated heterocycles. The van der Waals surface area contributed by atoms with E-state index < -0.39 is 0 Å². The number of aromatic hydroxyl groups is 1. The standard InChI is InChI=1S/C14H18BrNO2/c1-9-12(3-2-4-13(9)17)14(18)16-11-7-5-10(15)6-8-11/h2-4,10-11,17H,5-8H2,1H3,(H,16,18). The number of amides is 1. The Morgan fingerprint density at radius 2 is 2.00 bits per heavy atom. The first-order valence-electron chi connectivity index (χ1n) is 6.31. The van der Waals surface area contributed by atoms with Crippen molar-refractivity contribution in [2.45, 2.75) is 43.5 Å². The van der Waals surface area contributed by atoms with E-state index in [4.69, 9.17) is 0 Å². The number of hydrogen-bond acceptors (Lipinski definition) is 2. The van der Waals surface area contributed by atoms with Gasteiger partial charge in [-0.05, 0) is 44.7 Å². The van der Waals surface area contributed by atoms with E-state index >= 15 is 0 Å². The van der Waals surface area contributed by atoms with E-state index in [-0.39, 0.29) is 17.7 Å². The third kappa shape index (κ3) is 3.05. The molecule has 0 radical (unpaired) electrons. The zero-order valence-electron chi connectivity index (χ0n) is 10.4. The number of rotatable bonds is 2. The molecule has 1 aromatic rings. The fourth-order valence-corrected chi connectivity index (χ4v) is 2.86. The van der Waals surface area contributed by atoms with E-state index in [0.717, 1.165) is 25.7 Å². The Labute approximate surface area is 116 Å². The predicted molar refractivity (Wildman–Crippen MR) is 75.3 cm³/mol. The minimum atomic E-state index is -0.0820. The Balaban J connectivity index is 2.01. The van der Waals surface area contributed by atoms with E-state index in [9.17, 15) is 9.90 Å². The average molecular weight is 312 g/mol. The van der Waals surface area contributed by atoms with Gasteiger partial charge in [0, 0.05) is 22.0 Å². The molecule has 18 heavy (non-hydrogen) atoms. The fourth-order valence-electron chi connectivity index (χ4n) is 2.33. The molecule has 2 rings (SSSR count). The molecule has 0 atom stereocenters.